The van der Waals surface area contributed by atoms with Gasteiger partial charge in [-0.15, -0.1) is 0 Å². The van der Waals surface area contributed by atoms with Crippen molar-refractivity contribution in [2.75, 3.05) is 19.1 Å². The quantitative estimate of drug-likeness (QED) is 0.579. The van der Waals surface area contributed by atoms with Gasteiger partial charge in [0.1, 0.15) is 0 Å². The van der Waals surface area contributed by atoms with Crippen molar-refractivity contribution in [3.8, 4) is 0 Å². The monoisotopic (exact) mass is 387 g/mol. The summed E-state index contributed by atoms with van der Waals surface area (Å²) in [7, 11) is 2.94. The molecule has 3 rings (SSSR count). The van der Waals surface area contributed by atoms with Crippen LogP contribution in [0.3, 0.4) is 0 Å². The van der Waals surface area contributed by atoms with Gasteiger partial charge in [-0.3, -0.25) is 4.79 Å². The summed E-state index contributed by atoms with van der Waals surface area (Å²) < 4.78 is 4.82. The lowest BCUT2D eigenvalue weighted by Gasteiger charge is -2.21. The summed E-state index contributed by atoms with van der Waals surface area (Å²) in [4.78, 5) is 26.4. The normalized spacial score (nSPS) is 10.6. The van der Waals surface area contributed by atoms with Gasteiger partial charge in [-0.2, -0.15) is 0 Å². The van der Waals surface area contributed by atoms with Gasteiger partial charge in [0.15, 0.2) is 0 Å². The van der Waals surface area contributed by atoms with Crippen molar-refractivity contribution in [2.24, 2.45) is 0 Å². The molecule has 3 aromatic rings. The fraction of sp³-hybridized carbons (Fsp3) is 0.100. The molecule has 132 valence electrons. The summed E-state index contributed by atoms with van der Waals surface area (Å²) in [5, 5.41) is 2.11. The van der Waals surface area contributed by atoms with Crippen molar-refractivity contribution < 1.29 is 14.3 Å². The number of esters is 1. The Morgan fingerprint density at radius 1 is 0.962 bits per heavy atom. The van der Waals surface area contributed by atoms with Gasteiger partial charge in [-0.05, 0) is 41.8 Å². The summed E-state index contributed by atoms with van der Waals surface area (Å²) in [6.45, 7) is 0. The third-order valence-corrected chi connectivity index (χ3v) is 4.57. The van der Waals surface area contributed by atoms with E-state index in [0.717, 1.165) is 0 Å². The van der Waals surface area contributed by atoms with Crippen molar-refractivity contribution in [3.63, 3.8) is 0 Å². The molecule has 0 N–H and O–H groups in total. The van der Waals surface area contributed by atoms with E-state index in [0.29, 0.717) is 37.6 Å². The third kappa shape index (κ3) is 3.39. The average molecular weight is 388 g/mol. The lowest BCUT2D eigenvalue weighted by Crippen LogP contribution is -2.26. The molecule has 0 radical (unpaired) electrons. The first kappa shape index (κ1) is 18.2. The zero-order chi connectivity index (χ0) is 18.8. The Bertz CT molecular complexity index is 1000. The minimum atomic E-state index is -0.509. The highest BCUT2D eigenvalue weighted by atomic mass is 35.5. The van der Waals surface area contributed by atoms with E-state index in [1.54, 1.807) is 55.6 Å². The lowest BCUT2D eigenvalue weighted by atomic mass is 10.0. The Morgan fingerprint density at radius 3 is 2.31 bits per heavy atom. The van der Waals surface area contributed by atoms with Crippen LogP contribution in [0.5, 0.6) is 0 Å². The largest absolute Gasteiger partial charge is 0.465 e. The highest BCUT2D eigenvalue weighted by Gasteiger charge is 2.20. The Balaban J connectivity index is 2.22. The van der Waals surface area contributed by atoms with Crippen LogP contribution in [0.15, 0.2) is 54.6 Å². The van der Waals surface area contributed by atoms with E-state index in [2.05, 4.69) is 0 Å². The van der Waals surface area contributed by atoms with E-state index >= 15 is 0 Å². The first-order valence-corrected chi connectivity index (χ1v) is 8.52. The third-order valence-electron chi connectivity index (χ3n) is 4.05. The van der Waals surface area contributed by atoms with Crippen LogP contribution < -0.4 is 4.90 Å². The number of ether oxygens (including phenoxy) is 1. The van der Waals surface area contributed by atoms with Crippen LogP contribution in [0.25, 0.3) is 10.8 Å². The number of hydrogen-bond donors (Lipinski definition) is 0. The summed E-state index contributed by atoms with van der Waals surface area (Å²) in [5.41, 5.74) is 1.33. The maximum Gasteiger partial charge on any atom is 0.337 e. The summed E-state index contributed by atoms with van der Waals surface area (Å²) >= 11 is 12.5. The van der Waals surface area contributed by atoms with E-state index in [4.69, 9.17) is 27.9 Å². The smallest absolute Gasteiger partial charge is 0.337 e. The number of halogens is 2. The van der Waals surface area contributed by atoms with Crippen LogP contribution >= 0.6 is 23.2 Å². The highest BCUT2D eigenvalue weighted by molar-refractivity contribution is 6.40. The SMILES string of the molecule is COC(=O)c1cc(N(C)C(=O)c2ccccc2)c2c(Cl)cc(Cl)cc2c1. The van der Waals surface area contributed by atoms with E-state index in [-0.39, 0.29) is 5.91 Å². The molecular weight excluding hydrogens is 373 g/mol. The molecule has 0 unspecified atom stereocenters. The topological polar surface area (TPSA) is 46.6 Å². The average Bonchev–Trinajstić information content (AvgIpc) is 2.65. The summed E-state index contributed by atoms with van der Waals surface area (Å²) in [6, 6.07) is 15.4. The number of amides is 1. The molecule has 6 heteroatoms. The van der Waals surface area contributed by atoms with Gasteiger partial charge >= 0.3 is 5.97 Å². The molecule has 0 aliphatic carbocycles. The van der Waals surface area contributed by atoms with E-state index < -0.39 is 5.97 Å². The standard InChI is InChI=1S/C20H15Cl2NO3/c1-23(19(24)12-6-4-3-5-7-12)17-10-14(20(25)26-2)8-13-9-15(21)11-16(22)18(13)17/h3-11H,1-2H3. The first-order chi connectivity index (χ1) is 12.4. The molecule has 0 saturated carbocycles. The molecule has 0 fully saturated rings. The number of carbonyl (C=O) groups excluding carboxylic acids is 2. The molecule has 1 amide bonds. The molecular formula is C20H15Cl2NO3. The Kier molecular flexibility index (Phi) is 5.16. The molecule has 0 saturated heterocycles. The van der Waals surface area contributed by atoms with Crippen molar-refractivity contribution in [2.45, 2.75) is 0 Å². The molecule has 0 spiro atoms. The van der Waals surface area contributed by atoms with E-state index in [1.807, 2.05) is 6.07 Å². The van der Waals surface area contributed by atoms with Crippen LogP contribution in [0.1, 0.15) is 20.7 Å². The zero-order valence-electron chi connectivity index (χ0n) is 14.1. The second-order valence-corrected chi connectivity index (χ2v) is 6.55. The zero-order valence-corrected chi connectivity index (χ0v) is 15.6. The van der Waals surface area contributed by atoms with Gasteiger partial charge in [0.05, 0.1) is 23.4 Å². The van der Waals surface area contributed by atoms with Gasteiger partial charge in [0.2, 0.25) is 0 Å². The number of rotatable bonds is 3. The minimum absolute atomic E-state index is 0.222. The van der Waals surface area contributed by atoms with Crippen LogP contribution in [0.2, 0.25) is 10.0 Å². The van der Waals surface area contributed by atoms with Gasteiger partial charge < -0.3 is 9.64 Å². The van der Waals surface area contributed by atoms with Gasteiger partial charge in [0, 0.05) is 23.0 Å². The van der Waals surface area contributed by atoms with Crippen molar-refractivity contribution >= 4 is 51.5 Å². The van der Waals surface area contributed by atoms with E-state index in [9.17, 15) is 9.59 Å². The molecule has 0 aliphatic heterocycles. The van der Waals surface area contributed by atoms with Crippen molar-refractivity contribution in [3.05, 3.63) is 75.8 Å². The van der Waals surface area contributed by atoms with Crippen LogP contribution in [-0.4, -0.2) is 26.0 Å². The second-order valence-electron chi connectivity index (χ2n) is 5.70. The maximum atomic E-state index is 12.9. The van der Waals surface area contributed by atoms with Gasteiger partial charge in [0.25, 0.3) is 5.91 Å². The molecule has 0 atom stereocenters. The number of fused-ring (bicyclic) bond motifs is 1. The number of methoxy groups -OCH3 is 1. The highest BCUT2D eigenvalue weighted by Crippen LogP contribution is 2.36. The molecule has 0 bridgehead atoms. The van der Waals surface area contributed by atoms with E-state index in [1.165, 1.54) is 12.0 Å². The number of nitrogens with zero attached hydrogens (tertiary/aromatic N) is 1. The minimum Gasteiger partial charge on any atom is -0.465 e. The number of benzene rings is 3. The van der Waals surface area contributed by atoms with Gasteiger partial charge in [-0.1, -0.05) is 41.4 Å². The van der Waals surface area contributed by atoms with Crippen molar-refractivity contribution in [1.29, 1.82) is 0 Å². The van der Waals surface area contributed by atoms with Crippen LogP contribution in [0, 0.1) is 0 Å². The molecule has 26 heavy (non-hydrogen) atoms. The maximum absolute atomic E-state index is 12.9. The number of carbonyl (C=O) groups is 2. The Morgan fingerprint density at radius 2 is 1.65 bits per heavy atom. The molecule has 0 heterocycles. The van der Waals surface area contributed by atoms with Crippen LogP contribution in [-0.2, 0) is 4.74 Å². The Hall–Kier alpha value is -2.56. The summed E-state index contributed by atoms with van der Waals surface area (Å²) in [6.07, 6.45) is 0. The van der Waals surface area contributed by atoms with Crippen molar-refractivity contribution in [1.82, 2.24) is 0 Å². The molecule has 0 aromatic heterocycles. The molecule has 3 aromatic carbocycles. The molecule has 0 aliphatic rings. The second kappa shape index (κ2) is 7.36. The Labute approximate surface area is 160 Å². The predicted octanol–water partition coefficient (Wildman–Crippen LogP) is 5.21. The first-order valence-electron chi connectivity index (χ1n) is 7.76. The number of anilines is 1. The summed E-state index contributed by atoms with van der Waals surface area (Å²) in [5.74, 6) is -0.732. The fourth-order valence-electron chi connectivity index (χ4n) is 2.79. The predicted molar refractivity (Wildman–Crippen MR) is 104 cm³/mol. The fourth-order valence-corrected chi connectivity index (χ4v) is 3.40. The van der Waals surface area contributed by atoms with Crippen LogP contribution in [0.4, 0.5) is 5.69 Å². The lowest BCUT2D eigenvalue weighted by molar-refractivity contribution is 0.0600. The number of hydrogen-bond acceptors (Lipinski definition) is 3. The van der Waals surface area contributed by atoms with Gasteiger partial charge in [-0.25, -0.2) is 4.79 Å². The molecule has 4 nitrogen and oxygen atoms in total.